The van der Waals surface area contributed by atoms with E-state index in [0.29, 0.717) is 24.3 Å². The molecule has 0 aliphatic heterocycles. The number of fused-ring (bicyclic) bond motifs is 1. The third-order valence-electron chi connectivity index (χ3n) is 8.01. The van der Waals surface area contributed by atoms with Crippen molar-refractivity contribution in [2.45, 2.75) is 38.0 Å². The summed E-state index contributed by atoms with van der Waals surface area (Å²) in [6.45, 7) is 2.15. The Bertz CT molecular complexity index is 1750. The first-order valence-corrected chi connectivity index (χ1v) is 14.9. The average Bonchev–Trinajstić information content (AvgIpc) is 3.47. The van der Waals surface area contributed by atoms with Crippen molar-refractivity contribution >= 4 is 34.0 Å². The number of nitrogens with zero attached hydrogens (tertiary/aromatic N) is 1. The summed E-state index contributed by atoms with van der Waals surface area (Å²) in [5.41, 5.74) is 5.66. The summed E-state index contributed by atoms with van der Waals surface area (Å²) in [5.74, 6) is -1.41. The molecule has 0 fully saturated rings. The van der Waals surface area contributed by atoms with Gasteiger partial charge in [0.15, 0.2) is 5.79 Å². The van der Waals surface area contributed by atoms with Crippen LogP contribution in [-0.2, 0) is 19.1 Å². The second kappa shape index (κ2) is 14.2. The van der Waals surface area contributed by atoms with Crippen molar-refractivity contribution in [3.8, 4) is 5.75 Å². The Hall–Kier alpha value is -4.92. The van der Waals surface area contributed by atoms with Gasteiger partial charge in [-0.25, -0.2) is 0 Å². The third kappa shape index (κ3) is 7.42. The molecule has 1 aromatic heterocycles. The Morgan fingerprint density at radius 2 is 1.78 bits per heavy atom. The smallest absolute Gasteiger partial charge is 0.303 e. The number of amides is 1. The number of anilines is 1. The first kappa shape index (κ1) is 31.5. The molecule has 3 aromatic carbocycles. The lowest BCUT2D eigenvalue weighted by atomic mass is 9.92. The highest BCUT2D eigenvalue weighted by atomic mass is 16.7. The van der Waals surface area contributed by atoms with Crippen LogP contribution in [0.4, 0.5) is 5.69 Å². The first-order chi connectivity index (χ1) is 21.8. The number of aliphatic carboxylic acids is 1. The summed E-state index contributed by atoms with van der Waals surface area (Å²) < 4.78 is 19.3. The van der Waals surface area contributed by atoms with Crippen LogP contribution >= 0.6 is 0 Å². The molecule has 45 heavy (non-hydrogen) atoms. The maximum Gasteiger partial charge on any atom is 0.303 e. The number of benzene rings is 3. The van der Waals surface area contributed by atoms with Gasteiger partial charge in [0.2, 0.25) is 5.91 Å². The maximum atomic E-state index is 13.0. The number of para-hydroxylation sites is 2. The van der Waals surface area contributed by atoms with E-state index in [0.717, 1.165) is 33.2 Å². The molecule has 1 aliphatic rings. The number of allylic oxidation sites excluding steroid dienone is 3. The van der Waals surface area contributed by atoms with Crippen LogP contribution < -0.4 is 10.1 Å². The number of carboxylic acids is 1. The number of hydrogen-bond acceptors (Lipinski definition) is 5. The van der Waals surface area contributed by atoms with E-state index in [4.69, 9.17) is 19.3 Å². The summed E-state index contributed by atoms with van der Waals surface area (Å²) in [4.78, 5) is 23.8. The highest BCUT2D eigenvalue weighted by Crippen LogP contribution is 2.36. The molecule has 5 rings (SSSR count). The van der Waals surface area contributed by atoms with Crippen molar-refractivity contribution in [2.75, 3.05) is 26.1 Å². The predicted octanol–water partition coefficient (Wildman–Crippen LogP) is 7.39. The molecule has 232 valence electrons. The van der Waals surface area contributed by atoms with E-state index < -0.39 is 11.8 Å². The summed E-state index contributed by atoms with van der Waals surface area (Å²) >= 11 is 0. The molecule has 0 bridgehead atoms. The molecule has 4 aromatic rings. The molecule has 0 saturated heterocycles. The summed E-state index contributed by atoms with van der Waals surface area (Å²) in [6.07, 6.45) is 10.9. The van der Waals surface area contributed by atoms with E-state index in [1.165, 1.54) is 0 Å². The molecule has 0 saturated carbocycles. The van der Waals surface area contributed by atoms with E-state index in [1.807, 2.05) is 31.2 Å². The lowest BCUT2D eigenvalue weighted by Gasteiger charge is -2.31. The van der Waals surface area contributed by atoms with Crippen LogP contribution in [0.3, 0.4) is 0 Å². The topological polar surface area (TPSA) is 99.0 Å². The van der Waals surface area contributed by atoms with E-state index in [9.17, 15) is 9.59 Å². The standard InChI is InChI=1S/C37H38N2O6/c1-26(24-34(40)38-31-12-7-8-13-33(31)45-23-9-14-35(41)42)29-15-16-32-30(25-29)19-22-39(32)36(27-10-5-4-6-11-27)28-17-20-37(43-2,44-3)21-18-28/h4-8,10-13,15-20,22,24-25,36H,9,14,21,23H2,1-3H3,(H,38,40)(H,41,42). The number of nitrogens with one attached hydrogen (secondary N) is 1. The zero-order chi connectivity index (χ0) is 31.8. The van der Waals surface area contributed by atoms with Gasteiger partial charge in [0, 0.05) is 50.2 Å². The Balaban J connectivity index is 1.36. The summed E-state index contributed by atoms with van der Waals surface area (Å²) in [6, 6.07) is 25.8. The molecule has 0 spiro atoms. The van der Waals surface area contributed by atoms with E-state index >= 15 is 0 Å². The van der Waals surface area contributed by atoms with Gasteiger partial charge in [0.25, 0.3) is 0 Å². The Kier molecular flexibility index (Phi) is 9.97. The number of carboxylic acid groups (broad SMARTS) is 1. The normalized spacial score (nSPS) is 15.0. The second-order valence-corrected chi connectivity index (χ2v) is 10.9. The number of rotatable bonds is 13. The fraction of sp³-hybridized carbons (Fsp3) is 0.243. The van der Waals surface area contributed by atoms with Crippen molar-refractivity contribution in [3.63, 3.8) is 0 Å². The Morgan fingerprint density at radius 3 is 2.49 bits per heavy atom. The minimum Gasteiger partial charge on any atom is -0.491 e. The Morgan fingerprint density at radius 1 is 1.02 bits per heavy atom. The van der Waals surface area contributed by atoms with Crippen LogP contribution in [0.1, 0.15) is 43.4 Å². The van der Waals surface area contributed by atoms with Crippen LogP contribution in [0.25, 0.3) is 16.5 Å². The maximum absolute atomic E-state index is 13.0. The van der Waals surface area contributed by atoms with Crippen molar-refractivity contribution in [1.82, 2.24) is 4.57 Å². The van der Waals surface area contributed by atoms with Crippen molar-refractivity contribution < 1.29 is 28.9 Å². The van der Waals surface area contributed by atoms with Crippen molar-refractivity contribution in [3.05, 3.63) is 126 Å². The van der Waals surface area contributed by atoms with Crippen LogP contribution in [0.5, 0.6) is 5.75 Å². The zero-order valence-corrected chi connectivity index (χ0v) is 25.7. The molecule has 1 heterocycles. The Labute approximate surface area is 263 Å². The SMILES string of the molecule is COC1(OC)C=CC(C(c2ccccc2)n2ccc3cc(C(C)=CC(=O)Nc4ccccc4OCCCC(=O)O)ccc32)=CC1. The number of carbonyl (C=O) groups excluding carboxylic acids is 1. The average molecular weight is 607 g/mol. The first-order valence-electron chi connectivity index (χ1n) is 14.9. The molecule has 2 N–H and O–H groups in total. The van der Waals surface area contributed by atoms with Crippen LogP contribution in [-0.4, -0.2) is 48.2 Å². The van der Waals surface area contributed by atoms with Gasteiger partial charge in [-0.3, -0.25) is 9.59 Å². The number of methoxy groups -OCH3 is 2. The van der Waals surface area contributed by atoms with E-state index in [1.54, 1.807) is 38.5 Å². The third-order valence-corrected chi connectivity index (χ3v) is 8.01. The molecular formula is C37H38N2O6. The quantitative estimate of drug-likeness (QED) is 0.0936. The van der Waals surface area contributed by atoms with Gasteiger partial charge in [-0.1, -0.05) is 60.7 Å². The van der Waals surface area contributed by atoms with Crippen LogP contribution in [0.15, 0.2) is 115 Å². The molecule has 1 amide bonds. The fourth-order valence-electron chi connectivity index (χ4n) is 5.54. The number of ether oxygens (including phenoxy) is 3. The lowest BCUT2D eigenvalue weighted by molar-refractivity contribution is -0.168. The van der Waals surface area contributed by atoms with Crippen LogP contribution in [0, 0.1) is 0 Å². The number of carbonyl (C=O) groups is 2. The summed E-state index contributed by atoms with van der Waals surface area (Å²) in [7, 11) is 3.30. The zero-order valence-electron chi connectivity index (χ0n) is 25.7. The lowest BCUT2D eigenvalue weighted by Crippen LogP contribution is -2.32. The number of hydrogen-bond donors (Lipinski definition) is 2. The van der Waals surface area contributed by atoms with Gasteiger partial charge in [0.05, 0.1) is 18.3 Å². The minimum absolute atomic E-state index is 0.0232. The largest absolute Gasteiger partial charge is 0.491 e. The molecule has 1 aliphatic carbocycles. The highest BCUT2D eigenvalue weighted by molar-refractivity contribution is 6.05. The second-order valence-electron chi connectivity index (χ2n) is 10.9. The van der Waals surface area contributed by atoms with Gasteiger partial charge < -0.3 is 29.2 Å². The van der Waals surface area contributed by atoms with Gasteiger partial charge >= 0.3 is 5.97 Å². The number of aromatic nitrogens is 1. The van der Waals surface area contributed by atoms with E-state index in [-0.39, 0.29) is 25.0 Å². The van der Waals surface area contributed by atoms with Crippen LogP contribution in [0.2, 0.25) is 0 Å². The molecule has 0 radical (unpaired) electrons. The van der Waals surface area contributed by atoms with E-state index in [2.05, 4.69) is 70.7 Å². The van der Waals surface area contributed by atoms with Gasteiger partial charge in [-0.2, -0.15) is 0 Å². The van der Waals surface area contributed by atoms with Crippen molar-refractivity contribution in [1.29, 1.82) is 0 Å². The highest BCUT2D eigenvalue weighted by Gasteiger charge is 2.30. The minimum atomic E-state index is -0.869. The molecule has 8 nitrogen and oxygen atoms in total. The molecular weight excluding hydrogens is 568 g/mol. The monoisotopic (exact) mass is 606 g/mol. The molecule has 1 unspecified atom stereocenters. The molecule has 8 heteroatoms. The predicted molar refractivity (Wildman–Crippen MR) is 176 cm³/mol. The fourth-order valence-corrected chi connectivity index (χ4v) is 5.54. The van der Waals surface area contributed by atoms with Gasteiger partial charge in [-0.05, 0) is 72.0 Å². The van der Waals surface area contributed by atoms with Crippen molar-refractivity contribution in [2.24, 2.45) is 0 Å². The van der Waals surface area contributed by atoms with Gasteiger partial charge in [0.1, 0.15) is 5.75 Å². The summed E-state index contributed by atoms with van der Waals surface area (Å²) in [5, 5.41) is 12.8. The van der Waals surface area contributed by atoms with Gasteiger partial charge in [-0.15, -0.1) is 0 Å². The molecule has 1 atom stereocenters.